The lowest BCUT2D eigenvalue weighted by Crippen LogP contribution is -2.17. The normalized spacial score (nSPS) is 10.9. The Kier molecular flexibility index (Phi) is 4.36. The third-order valence-electron chi connectivity index (χ3n) is 4.20. The van der Waals surface area contributed by atoms with E-state index in [2.05, 4.69) is 10.5 Å². The quantitative estimate of drug-likeness (QED) is 0.548. The highest BCUT2D eigenvalue weighted by Gasteiger charge is 2.15. The molecule has 8 heteroatoms. The fourth-order valence-electron chi connectivity index (χ4n) is 3.01. The fourth-order valence-corrected chi connectivity index (χ4v) is 3.01. The van der Waals surface area contributed by atoms with E-state index in [0.717, 1.165) is 0 Å². The molecule has 0 atom stereocenters. The largest absolute Gasteiger partial charge is 0.442 e. The van der Waals surface area contributed by atoms with Crippen LogP contribution in [0.5, 0.6) is 0 Å². The second-order valence-corrected chi connectivity index (χ2v) is 6.21. The van der Waals surface area contributed by atoms with E-state index in [9.17, 15) is 14.4 Å². The molecule has 8 nitrogen and oxygen atoms in total. The van der Waals surface area contributed by atoms with Crippen LogP contribution in [0.3, 0.4) is 0 Å². The van der Waals surface area contributed by atoms with Crippen molar-refractivity contribution in [1.82, 2.24) is 9.72 Å². The molecule has 4 aromatic rings. The van der Waals surface area contributed by atoms with Gasteiger partial charge in [0.15, 0.2) is 5.82 Å². The number of carbonyl (C=O) groups excluding carboxylic acids is 1. The zero-order valence-electron chi connectivity index (χ0n) is 14.8. The van der Waals surface area contributed by atoms with Gasteiger partial charge in [-0.1, -0.05) is 35.5 Å². The maximum absolute atomic E-state index is 12.2. The molecular weight excluding hydrogens is 362 g/mol. The Morgan fingerprint density at radius 1 is 1.11 bits per heavy atom. The number of fused-ring (bicyclic) bond motifs is 1. The molecule has 0 saturated heterocycles. The van der Waals surface area contributed by atoms with Crippen LogP contribution in [-0.2, 0) is 11.3 Å². The summed E-state index contributed by atoms with van der Waals surface area (Å²) in [4.78, 5) is 35.5. The first-order chi connectivity index (χ1) is 13.5. The van der Waals surface area contributed by atoms with E-state index in [4.69, 9.17) is 8.94 Å². The minimum Gasteiger partial charge on any atom is -0.423 e. The van der Waals surface area contributed by atoms with E-state index >= 15 is 0 Å². The van der Waals surface area contributed by atoms with Crippen LogP contribution in [0, 0.1) is 0 Å². The van der Waals surface area contributed by atoms with Crippen LogP contribution in [0.4, 0.5) is 5.69 Å². The number of nitrogens with zero attached hydrogens (tertiary/aromatic N) is 2. The second-order valence-electron chi connectivity index (χ2n) is 6.21. The molecule has 0 saturated carbocycles. The van der Waals surface area contributed by atoms with Crippen molar-refractivity contribution < 1.29 is 13.7 Å². The number of hydrogen-bond acceptors (Lipinski definition) is 6. The highest BCUT2D eigenvalue weighted by atomic mass is 16.5. The first-order valence-electron chi connectivity index (χ1n) is 8.47. The van der Waals surface area contributed by atoms with Crippen LogP contribution < -0.4 is 16.7 Å². The average molecular weight is 377 g/mol. The summed E-state index contributed by atoms with van der Waals surface area (Å²) < 4.78 is 11.4. The van der Waals surface area contributed by atoms with Crippen LogP contribution in [0.1, 0.15) is 12.5 Å². The topological polar surface area (TPSA) is 107 Å². The molecule has 0 radical (unpaired) electrons. The van der Waals surface area contributed by atoms with E-state index < -0.39 is 11.4 Å². The number of rotatable bonds is 4. The molecule has 1 amide bonds. The van der Waals surface area contributed by atoms with Gasteiger partial charge in [0, 0.05) is 35.7 Å². The molecule has 0 spiro atoms. The van der Waals surface area contributed by atoms with Gasteiger partial charge >= 0.3 is 11.4 Å². The van der Waals surface area contributed by atoms with Crippen LogP contribution >= 0.6 is 0 Å². The molecule has 2 aromatic heterocycles. The third-order valence-corrected chi connectivity index (χ3v) is 4.20. The number of benzene rings is 2. The van der Waals surface area contributed by atoms with Crippen LogP contribution in [0.25, 0.3) is 22.4 Å². The van der Waals surface area contributed by atoms with Gasteiger partial charge in [-0.2, -0.15) is 0 Å². The van der Waals surface area contributed by atoms with E-state index in [-0.39, 0.29) is 12.5 Å². The number of hydrogen-bond donors (Lipinski definition) is 1. The summed E-state index contributed by atoms with van der Waals surface area (Å²) >= 11 is 0. The Bertz CT molecular complexity index is 1280. The van der Waals surface area contributed by atoms with Crippen molar-refractivity contribution in [3.8, 4) is 11.4 Å². The van der Waals surface area contributed by atoms with Crippen molar-refractivity contribution in [3.63, 3.8) is 0 Å². The van der Waals surface area contributed by atoms with E-state index in [1.165, 1.54) is 17.6 Å². The maximum Gasteiger partial charge on any atom is 0.442 e. The minimum atomic E-state index is -0.630. The molecule has 2 aromatic carbocycles. The van der Waals surface area contributed by atoms with Gasteiger partial charge in [-0.25, -0.2) is 9.59 Å². The van der Waals surface area contributed by atoms with Crippen molar-refractivity contribution in [2.24, 2.45) is 0 Å². The van der Waals surface area contributed by atoms with E-state index in [1.54, 1.807) is 18.2 Å². The van der Waals surface area contributed by atoms with Gasteiger partial charge < -0.3 is 9.73 Å². The first kappa shape index (κ1) is 17.5. The molecule has 0 fully saturated rings. The monoisotopic (exact) mass is 377 g/mol. The van der Waals surface area contributed by atoms with Crippen LogP contribution in [0.2, 0.25) is 0 Å². The van der Waals surface area contributed by atoms with Gasteiger partial charge in [-0.15, -0.1) is 0 Å². The van der Waals surface area contributed by atoms with Crippen molar-refractivity contribution in [3.05, 3.63) is 81.1 Å². The highest BCUT2D eigenvalue weighted by molar-refractivity contribution is 5.92. The Labute approximate surface area is 158 Å². The predicted molar refractivity (Wildman–Crippen MR) is 102 cm³/mol. The van der Waals surface area contributed by atoms with Crippen LogP contribution in [-0.4, -0.2) is 15.6 Å². The van der Waals surface area contributed by atoms with Crippen molar-refractivity contribution in [2.45, 2.75) is 13.5 Å². The third kappa shape index (κ3) is 3.35. The van der Waals surface area contributed by atoms with Gasteiger partial charge in [-0.3, -0.25) is 13.9 Å². The minimum absolute atomic E-state index is 0.0775. The molecule has 4 rings (SSSR count). The number of nitrogens with one attached hydrogen (secondary N) is 1. The van der Waals surface area contributed by atoms with Crippen molar-refractivity contribution in [2.75, 3.05) is 5.32 Å². The number of carbonyl (C=O) groups is 1. The van der Waals surface area contributed by atoms with Crippen molar-refractivity contribution in [1.29, 1.82) is 0 Å². The zero-order valence-corrected chi connectivity index (χ0v) is 14.8. The van der Waals surface area contributed by atoms with Gasteiger partial charge in [0.2, 0.25) is 5.91 Å². The summed E-state index contributed by atoms with van der Waals surface area (Å²) in [6.45, 7) is 1.47. The summed E-state index contributed by atoms with van der Waals surface area (Å²) in [5.41, 5.74) is 1.54. The van der Waals surface area contributed by atoms with Crippen LogP contribution in [0.15, 0.2) is 73.1 Å². The molecule has 0 bridgehead atoms. The lowest BCUT2D eigenvalue weighted by molar-refractivity contribution is -0.114. The van der Waals surface area contributed by atoms with E-state index in [0.29, 0.717) is 33.6 Å². The number of aromatic nitrogens is 2. The predicted octanol–water partition coefficient (Wildman–Crippen LogP) is 2.62. The Morgan fingerprint density at radius 3 is 2.64 bits per heavy atom. The molecular formula is C20H15N3O5. The second kappa shape index (κ2) is 6.99. The fraction of sp³-hybridized carbons (Fsp3) is 0.100. The Morgan fingerprint density at radius 2 is 1.89 bits per heavy atom. The summed E-state index contributed by atoms with van der Waals surface area (Å²) in [5, 5.41) is 7.14. The number of amides is 1. The Hall–Kier alpha value is -3.94. The average Bonchev–Trinajstić information content (AvgIpc) is 3.02. The number of anilines is 1. The van der Waals surface area contributed by atoms with Gasteiger partial charge in [0.25, 0.3) is 0 Å². The Balaban J connectivity index is 1.81. The smallest absolute Gasteiger partial charge is 0.423 e. The highest BCUT2D eigenvalue weighted by Crippen LogP contribution is 2.23. The molecule has 140 valence electrons. The maximum atomic E-state index is 12.2. The lowest BCUT2D eigenvalue weighted by Gasteiger charge is -2.09. The molecule has 2 heterocycles. The van der Waals surface area contributed by atoms with Gasteiger partial charge in [-0.05, 0) is 17.7 Å². The van der Waals surface area contributed by atoms with E-state index in [1.807, 2.05) is 30.3 Å². The molecule has 0 aliphatic heterocycles. The molecule has 0 aliphatic rings. The lowest BCUT2D eigenvalue weighted by atomic mass is 10.1. The van der Waals surface area contributed by atoms with Crippen molar-refractivity contribution >= 4 is 22.6 Å². The summed E-state index contributed by atoms with van der Waals surface area (Å²) in [7, 11) is 0. The molecule has 28 heavy (non-hydrogen) atoms. The molecule has 0 unspecified atom stereocenters. The SMILES string of the molecule is CC(=O)Nc1ccc2c(Cn3c(-c4ccccc4)noc3=O)cc(=O)oc2c1. The summed E-state index contributed by atoms with van der Waals surface area (Å²) in [6.07, 6.45) is 0. The summed E-state index contributed by atoms with van der Waals surface area (Å²) in [5.74, 6) is -0.502. The van der Waals surface area contributed by atoms with Gasteiger partial charge in [0.1, 0.15) is 5.58 Å². The molecule has 1 N–H and O–H groups in total. The standard InChI is InChI=1S/C20H15N3O5/c1-12(24)21-15-7-8-16-14(9-18(25)27-17(16)10-15)11-23-19(22-28-20(23)26)13-5-3-2-4-6-13/h2-10H,11H2,1H3,(H,21,24). The molecule has 0 aliphatic carbocycles. The first-order valence-corrected chi connectivity index (χ1v) is 8.47. The summed E-state index contributed by atoms with van der Waals surface area (Å²) in [6, 6.07) is 15.4. The zero-order chi connectivity index (χ0) is 19.7. The van der Waals surface area contributed by atoms with Gasteiger partial charge in [0.05, 0.1) is 6.54 Å².